The zero-order valence-electron chi connectivity index (χ0n) is 17.6. The molecule has 0 aliphatic heterocycles. The molecule has 4 nitrogen and oxygen atoms in total. The van der Waals surface area contributed by atoms with Gasteiger partial charge in [-0.3, -0.25) is 4.79 Å². The molecule has 0 spiro atoms. The number of hydrogen-bond acceptors (Lipinski definition) is 3. The first-order valence-electron chi connectivity index (χ1n) is 10.5. The number of carbonyl (C=O) groups is 1. The molecule has 0 fully saturated rings. The van der Waals surface area contributed by atoms with Crippen LogP contribution in [0.3, 0.4) is 0 Å². The fraction of sp³-hybridized carbons (Fsp3) is 0.0357. The summed E-state index contributed by atoms with van der Waals surface area (Å²) >= 11 is 0. The van der Waals surface area contributed by atoms with Gasteiger partial charge in [0.15, 0.2) is 0 Å². The van der Waals surface area contributed by atoms with Crippen molar-refractivity contribution in [3.63, 3.8) is 0 Å². The Kier molecular flexibility index (Phi) is 5.18. The first-order valence-corrected chi connectivity index (χ1v) is 10.5. The fourth-order valence-electron chi connectivity index (χ4n) is 3.82. The number of pyridine rings is 1. The van der Waals surface area contributed by atoms with Crippen LogP contribution in [-0.2, 0) is 0 Å². The molecule has 0 radical (unpaired) electrons. The molecule has 154 valence electrons. The molecule has 0 bridgehead atoms. The molecule has 0 unspecified atom stereocenters. The minimum absolute atomic E-state index is 0.270. The lowest BCUT2D eigenvalue weighted by Crippen LogP contribution is -2.18. The first-order chi connectivity index (χ1) is 15.7. The molecule has 0 aliphatic carbocycles. The van der Waals surface area contributed by atoms with Crippen LogP contribution in [0.4, 0.5) is 0 Å². The van der Waals surface area contributed by atoms with E-state index in [0.717, 1.165) is 38.5 Å². The van der Waals surface area contributed by atoms with Crippen LogP contribution in [0, 0.1) is 6.92 Å². The zero-order chi connectivity index (χ0) is 21.9. The van der Waals surface area contributed by atoms with Gasteiger partial charge in [-0.05, 0) is 29.8 Å². The van der Waals surface area contributed by atoms with E-state index in [0.29, 0.717) is 5.56 Å². The van der Waals surface area contributed by atoms with Crippen molar-refractivity contribution in [1.29, 1.82) is 0 Å². The summed E-state index contributed by atoms with van der Waals surface area (Å²) < 4.78 is 0. The van der Waals surface area contributed by atoms with Crippen molar-refractivity contribution in [3.8, 4) is 11.3 Å². The van der Waals surface area contributed by atoms with Gasteiger partial charge < -0.3 is 0 Å². The highest BCUT2D eigenvalue weighted by atomic mass is 16.2. The van der Waals surface area contributed by atoms with E-state index >= 15 is 0 Å². The molecule has 1 amide bonds. The maximum absolute atomic E-state index is 13.1. The number of hydrazone groups is 1. The summed E-state index contributed by atoms with van der Waals surface area (Å²) in [7, 11) is 0. The maximum Gasteiger partial charge on any atom is 0.272 e. The molecule has 5 aromatic rings. The Bertz CT molecular complexity index is 1460. The standard InChI is InChI=1S/C28H21N3O/c1-19-13-15-21(16-14-19)27-17-25(24-11-4-5-12-26(24)30-27)28(32)31-29-18-22-9-6-8-20-7-2-3-10-23(20)22/h2-18H,1H3,(H,31,32). The third-order valence-corrected chi connectivity index (χ3v) is 5.50. The molecule has 1 aromatic heterocycles. The molecule has 5 rings (SSSR count). The van der Waals surface area contributed by atoms with Crippen molar-refractivity contribution in [1.82, 2.24) is 10.4 Å². The summed E-state index contributed by atoms with van der Waals surface area (Å²) in [5, 5.41) is 7.25. The van der Waals surface area contributed by atoms with Gasteiger partial charge >= 0.3 is 0 Å². The quantitative estimate of drug-likeness (QED) is 0.284. The highest BCUT2D eigenvalue weighted by Gasteiger charge is 2.13. The number of nitrogens with zero attached hydrogens (tertiary/aromatic N) is 2. The van der Waals surface area contributed by atoms with Crippen LogP contribution < -0.4 is 5.43 Å². The summed E-state index contributed by atoms with van der Waals surface area (Å²) in [6.45, 7) is 2.05. The van der Waals surface area contributed by atoms with Crippen molar-refractivity contribution in [3.05, 3.63) is 114 Å². The van der Waals surface area contributed by atoms with Crippen molar-refractivity contribution in [2.45, 2.75) is 6.92 Å². The molecular weight excluding hydrogens is 394 g/mol. The Morgan fingerprint density at radius 1 is 0.844 bits per heavy atom. The third-order valence-electron chi connectivity index (χ3n) is 5.50. The average molecular weight is 415 g/mol. The lowest BCUT2D eigenvalue weighted by Gasteiger charge is -2.09. The molecular formula is C28H21N3O. The minimum Gasteiger partial charge on any atom is -0.267 e. The van der Waals surface area contributed by atoms with Crippen LogP contribution in [0.25, 0.3) is 32.9 Å². The molecule has 0 atom stereocenters. The number of carbonyl (C=O) groups excluding carboxylic acids is 1. The Morgan fingerprint density at radius 3 is 2.41 bits per heavy atom. The smallest absolute Gasteiger partial charge is 0.267 e. The van der Waals surface area contributed by atoms with Gasteiger partial charge in [-0.15, -0.1) is 0 Å². The van der Waals surface area contributed by atoms with Crippen molar-refractivity contribution in [2.24, 2.45) is 5.10 Å². The van der Waals surface area contributed by atoms with Crippen molar-refractivity contribution < 1.29 is 4.79 Å². The summed E-state index contributed by atoms with van der Waals surface area (Å²) in [5.41, 5.74) is 7.86. The van der Waals surface area contributed by atoms with E-state index in [-0.39, 0.29) is 5.91 Å². The van der Waals surface area contributed by atoms with Crippen LogP contribution in [-0.4, -0.2) is 17.1 Å². The molecule has 4 aromatic carbocycles. The number of fused-ring (bicyclic) bond motifs is 2. The number of aromatic nitrogens is 1. The predicted molar refractivity (Wildman–Crippen MR) is 131 cm³/mol. The molecule has 0 saturated carbocycles. The van der Waals surface area contributed by atoms with Gasteiger partial charge in [-0.25, -0.2) is 10.4 Å². The molecule has 4 heteroatoms. The number of benzene rings is 4. The van der Waals surface area contributed by atoms with Gasteiger partial charge in [0.25, 0.3) is 5.91 Å². The van der Waals surface area contributed by atoms with E-state index in [1.54, 1.807) is 6.21 Å². The summed E-state index contributed by atoms with van der Waals surface area (Å²) in [6, 6.07) is 31.7. The Hall–Kier alpha value is -4.31. The van der Waals surface area contributed by atoms with Gasteiger partial charge in [0, 0.05) is 16.5 Å². The van der Waals surface area contributed by atoms with E-state index in [2.05, 4.69) is 22.7 Å². The predicted octanol–water partition coefficient (Wildman–Crippen LogP) is 6.13. The van der Waals surface area contributed by atoms with Gasteiger partial charge in [-0.2, -0.15) is 5.10 Å². The molecule has 32 heavy (non-hydrogen) atoms. The van der Waals surface area contributed by atoms with Crippen LogP contribution in [0.15, 0.2) is 102 Å². The topological polar surface area (TPSA) is 54.4 Å². The lowest BCUT2D eigenvalue weighted by molar-refractivity contribution is 0.0956. The average Bonchev–Trinajstić information content (AvgIpc) is 2.84. The number of amides is 1. The Morgan fingerprint density at radius 2 is 1.56 bits per heavy atom. The van der Waals surface area contributed by atoms with E-state index in [4.69, 9.17) is 4.98 Å². The molecule has 0 aliphatic rings. The van der Waals surface area contributed by atoms with Gasteiger partial charge in [-0.1, -0.05) is 90.5 Å². The molecule has 1 heterocycles. The highest BCUT2D eigenvalue weighted by molar-refractivity contribution is 6.07. The Balaban J connectivity index is 1.48. The van der Waals surface area contributed by atoms with Crippen LogP contribution in [0.2, 0.25) is 0 Å². The summed E-state index contributed by atoms with van der Waals surface area (Å²) in [6.07, 6.45) is 1.69. The summed E-state index contributed by atoms with van der Waals surface area (Å²) in [4.78, 5) is 17.9. The zero-order valence-corrected chi connectivity index (χ0v) is 17.6. The lowest BCUT2D eigenvalue weighted by atomic mass is 10.0. The monoisotopic (exact) mass is 415 g/mol. The van der Waals surface area contributed by atoms with Crippen molar-refractivity contribution in [2.75, 3.05) is 0 Å². The van der Waals surface area contributed by atoms with Gasteiger partial charge in [0.05, 0.1) is 23.0 Å². The second-order valence-electron chi connectivity index (χ2n) is 7.71. The second kappa shape index (κ2) is 8.44. The van der Waals surface area contributed by atoms with Crippen LogP contribution >= 0.6 is 0 Å². The normalized spacial score (nSPS) is 11.3. The number of hydrogen-bond donors (Lipinski definition) is 1. The van der Waals surface area contributed by atoms with E-state index in [1.165, 1.54) is 5.56 Å². The van der Waals surface area contributed by atoms with Crippen molar-refractivity contribution >= 4 is 33.8 Å². The van der Waals surface area contributed by atoms with Gasteiger partial charge in [0.2, 0.25) is 0 Å². The molecule has 1 N–H and O–H groups in total. The van der Waals surface area contributed by atoms with E-state index in [9.17, 15) is 4.79 Å². The van der Waals surface area contributed by atoms with Gasteiger partial charge in [0.1, 0.15) is 0 Å². The third kappa shape index (κ3) is 3.86. The van der Waals surface area contributed by atoms with E-state index < -0.39 is 0 Å². The number of aryl methyl sites for hydroxylation is 1. The SMILES string of the molecule is Cc1ccc(-c2cc(C(=O)NN=Cc3cccc4ccccc34)c3ccccc3n2)cc1. The first kappa shape index (κ1) is 19.6. The van der Waals surface area contributed by atoms with Crippen LogP contribution in [0.1, 0.15) is 21.5 Å². The second-order valence-corrected chi connectivity index (χ2v) is 7.71. The minimum atomic E-state index is -0.270. The number of para-hydroxylation sites is 1. The Labute approximate surface area is 186 Å². The van der Waals surface area contributed by atoms with Crippen LogP contribution in [0.5, 0.6) is 0 Å². The fourth-order valence-corrected chi connectivity index (χ4v) is 3.82. The van der Waals surface area contributed by atoms with E-state index in [1.807, 2.05) is 91.9 Å². The number of rotatable bonds is 4. The maximum atomic E-state index is 13.1. The number of nitrogens with one attached hydrogen (secondary N) is 1. The highest BCUT2D eigenvalue weighted by Crippen LogP contribution is 2.25. The molecule has 0 saturated heterocycles. The largest absolute Gasteiger partial charge is 0.272 e. The summed E-state index contributed by atoms with van der Waals surface area (Å²) in [5.74, 6) is -0.270.